The van der Waals surface area contributed by atoms with Crippen molar-refractivity contribution >= 4 is 27.5 Å². The normalized spacial score (nSPS) is 22.0. The van der Waals surface area contributed by atoms with Crippen LogP contribution in [0, 0.1) is 6.92 Å². The van der Waals surface area contributed by atoms with Crippen LogP contribution in [0.25, 0.3) is 11.5 Å². The van der Waals surface area contributed by atoms with Crippen LogP contribution in [0.5, 0.6) is 0 Å². The maximum atomic E-state index is 13.1. The van der Waals surface area contributed by atoms with Gasteiger partial charge in [-0.1, -0.05) is 31.0 Å². The molecule has 1 amide bonds. The van der Waals surface area contributed by atoms with Crippen molar-refractivity contribution < 1.29 is 22.0 Å². The third-order valence-corrected chi connectivity index (χ3v) is 8.23. The molecule has 1 saturated heterocycles. The Morgan fingerprint density at radius 1 is 1.21 bits per heavy atom. The van der Waals surface area contributed by atoms with E-state index in [0.717, 1.165) is 31.2 Å². The van der Waals surface area contributed by atoms with Gasteiger partial charge in [0.1, 0.15) is 5.76 Å². The second kappa shape index (κ2) is 8.51. The predicted molar refractivity (Wildman–Crippen MR) is 108 cm³/mol. The van der Waals surface area contributed by atoms with Gasteiger partial charge < -0.3 is 13.7 Å². The van der Waals surface area contributed by atoms with Crippen molar-refractivity contribution in [2.75, 3.05) is 17.3 Å². The highest BCUT2D eigenvalue weighted by Crippen LogP contribution is 2.30. The molecule has 0 bridgehead atoms. The van der Waals surface area contributed by atoms with Crippen molar-refractivity contribution in [1.82, 2.24) is 15.1 Å². The van der Waals surface area contributed by atoms with E-state index in [-0.39, 0.29) is 35.2 Å². The summed E-state index contributed by atoms with van der Waals surface area (Å²) in [6.45, 7) is 1.81. The predicted octanol–water partition coefficient (Wildman–Crippen LogP) is 3.08. The van der Waals surface area contributed by atoms with E-state index < -0.39 is 9.84 Å². The highest BCUT2D eigenvalue weighted by molar-refractivity contribution is 7.99. The number of hydrogen-bond donors (Lipinski definition) is 0. The summed E-state index contributed by atoms with van der Waals surface area (Å²) in [5, 5.41) is 8.36. The van der Waals surface area contributed by atoms with Gasteiger partial charge in [-0.3, -0.25) is 4.79 Å². The first-order chi connectivity index (χ1) is 13.9. The summed E-state index contributed by atoms with van der Waals surface area (Å²) in [6.07, 6.45) is 7.31. The Labute approximate surface area is 174 Å². The number of aromatic nitrogens is 2. The Morgan fingerprint density at radius 2 is 2.00 bits per heavy atom. The van der Waals surface area contributed by atoms with Gasteiger partial charge in [-0.2, -0.15) is 0 Å². The Bertz CT molecular complexity index is 962. The Balaban J connectivity index is 1.44. The molecule has 3 heterocycles. The van der Waals surface area contributed by atoms with Gasteiger partial charge in [-0.25, -0.2) is 8.42 Å². The van der Waals surface area contributed by atoms with Crippen LogP contribution in [-0.2, 0) is 14.6 Å². The van der Waals surface area contributed by atoms with E-state index in [1.54, 1.807) is 12.3 Å². The van der Waals surface area contributed by atoms with E-state index in [4.69, 9.17) is 8.83 Å². The van der Waals surface area contributed by atoms with Crippen molar-refractivity contribution in [2.45, 2.75) is 62.8 Å². The maximum Gasteiger partial charge on any atom is 0.277 e. The van der Waals surface area contributed by atoms with Gasteiger partial charge in [0.2, 0.25) is 5.91 Å². The molecule has 0 unspecified atom stereocenters. The van der Waals surface area contributed by atoms with E-state index in [2.05, 4.69) is 10.2 Å². The Hall–Kier alpha value is -1.81. The first-order valence-corrected chi connectivity index (χ1v) is 12.8. The highest BCUT2D eigenvalue weighted by Gasteiger charge is 2.38. The molecule has 8 nitrogen and oxygen atoms in total. The zero-order chi connectivity index (χ0) is 20.4. The minimum atomic E-state index is -3.06. The third-order valence-electron chi connectivity index (χ3n) is 5.67. The smallest absolute Gasteiger partial charge is 0.277 e. The topological polar surface area (TPSA) is 107 Å². The second-order valence-corrected chi connectivity index (χ2v) is 10.9. The number of carbonyl (C=O) groups excluding carboxylic acids is 1. The fourth-order valence-electron chi connectivity index (χ4n) is 4.24. The van der Waals surface area contributed by atoms with Crippen LogP contribution < -0.4 is 0 Å². The molecule has 1 aliphatic heterocycles. The fraction of sp³-hybridized carbons (Fsp3) is 0.632. The monoisotopic (exact) mass is 439 g/mol. The van der Waals surface area contributed by atoms with E-state index in [1.165, 1.54) is 18.2 Å². The summed E-state index contributed by atoms with van der Waals surface area (Å²) in [4.78, 5) is 15.0. The van der Waals surface area contributed by atoms with Crippen LogP contribution in [-0.4, -0.2) is 58.8 Å². The molecule has 1 aliphatic carbocycles. The molecule has 0 N–H and O–H groups in total. The van der Waals surface area contributed by atoms with Crippen LogP contribution in [0.2, 0.25) is 0 Å². The minimum Gasteiger partial charge on any atom is -0.469 e. The lowest BCUT2D eigenvalue weighted by Gasteiger charge is -2.38. The SMILES string of the molecule is Cc1occc1-c1nnc(SCC(=O)N(C2CCCCC2)[C@H]2CCS(=O)(=O)C2)o1. The zero-order valence-electron chi connectivity index (χ0n) is 16.4. The lowest BCUT2D eigenvalue weighted by Crippen LogP contribution is -2.49. The molecule has 0 radical (unpaired) electrons. The summed E-state index contributed by atoms with van der Waals surface area (Å²) in [6, 6.07) is 1.67. The number of sulfone groups is 1. The summed E-state index contributed by atoms with van der Waals surface area (Å²) in [5.74, 6) is 1.38. The number of rotatable bonds is 6. The molecule has 10 heteroatoms. The summed E-state index contributed by atoms with van der Waals surface area (Å²) < 4.78 is 34.9. The largest absolute Gasteiger partial charge is 0.469 e. The maximum absolute atomic E-state index is 13.1. The van der Waals surface area contributed by atoms with Crippen LogP contribution in [0.1, 0.15) is 44.3 Å². The van der Waals surface area contributed by atoms with Crippen LogP contribution in [0.15, 0.2) is 26.4 Å². The number of amides is 1. The molecule has 2 aliphatic rings. The van der Waals surface area contributed by atoms with E-state index in [1.807, 2.05) is 11.8 Å². The number of furan rings is 1. The lowest BCUT2D eigenvalue weighted by atomic mass is 9.93. The Morgan fingerprint density at radius 3 is 2.66 bits per heavy atom. The van der Waals surface area contributed by atoms with Gasteiger partial charge in [-0.15, -0.1) is 10.2 Å². The van der Waals surface area contributed by atoms with Crippen molar-refractivity contribution in [2.24, 2.45) is 0 Å². The number of hydrogen-bond acceptors (Lipinski definition) is 8. The number of aryl methyl sites for hydroxylation is 1. The lowest BCUT2D eigenvalue weighted by molar-refractivity contribution is -0.133. The Kier molecular flexibility index (Phi) is 6.00. The molecule has 4 rings (SSSR count). The number of thioether (sulfide) groups is 1. The molecule has 0 spiro atoms. The van der Waals surface area contributed by atoms with Gasteiger partial charge in [-0.05, 0) is 32.3 Å². The molecule has 2 aromatic heterocycles. The van der Waals surface area contributed by atoms with Gasteiger partial charge in [0.15, 0.2) is 9.84 Å². The minimum absolute atomic E-state index is 0.0526. The molecule has 29 heavy (non-hydrogen) atoms. The molecule has 1 saturated carbocycles. The van der Waals surface area contributed by atoms with E-state index >= 15 is 0 Å². The zero-order valence-corrected chi connectivity index (χ0v) is 18.0. The summed E-state index contributed by atoms with van der Waals surface area (Å²) in [7, 11) is -3.06. The number of nitrogens with zero attached hydrogens (tertiary/aromatic N) is 3. The molecule has 1 atom stereocenters. The first kappa shape index (κ1) is 20.5. The van der Waals surface area contributed by atoms with Gasteiger partial charge in [0.05, 0.1) is 29.1 Å². The average Bonchev–Trinajstić information content (AvgIpc) is 3.41. The highest BCUT2D eigenvalue weighted by atomic mass is 32.2. The summed E-state index contributed by atoms with van der Waals surface area (Å²) >= 11 is 1.19. The molecule has 0 aromatic carbocycles. The third kappa shape index (κ3) is 4.69. The van der Waals surface area contributed by atoms with Crippen molar-refractivity contribution in [3.63, 3.8) is 0 Å². The summed E-state index contributed by atoms with van der Waals surface area (Å²) in [5.41, 5.74) is 0.732. The van der Waals surface area contributed by atoms with Crippen molar-refractivity contribution in [3.05, 3.63) is 18.1 Å². The second-order valence-electron chi connectivity index (χ2n) is 7.70. The molecule has 2 fully saturated rings. The average molecular weight is 440 g/mol. The fourth-order valence-corrected chi connectivity index (χ4v) is 6.58. The van der Waals surface area contributed by atoms with E-state index in [9.17, 15) is 13.2 Å². The van der Waals surface area contributed by atoms with Crippen LogP contribution >= 0.6 is 11.8 Å². The van der Waals surface area contributed by atoms with E-state index in [0.29, 0.717) is 23.3 Å². The molecule has 158 valence electrons. The number of carbonyl (C=O) groups is 1. The molecular formula is C19H25N3O5S2. The standard InChI is InChI=1S/C19H25N3O5S2/c1-13-16(7-9-26-13)18-20-21-19(27-18)28-11-17(23)22(14-5-3-2-4-6-14)15-8-10-29(24,25)12-15/h7,9,14-15H,2-6,8,10-12H2,1H3/t15-/m0/s1. The van der Waals surface area contributed by atoms with Gasteiger partial charge >= 0.3 is 0 Å². The van der Waals surface area contributed by atoms with Gasteiger partial charge in [0, 0.05) is 12.1 Å². The van der Waals surface area contributed by atoms with Crippen LogP contribution in [0.4, 0.5) is 0 Å². The quantitative estimate of drug-likeness (QED) is 0.632. The van der Waals surface area contributed by atoms with Crippen LogP contribution in [0.3, 0.4) is 0 Å². The van der Waals surface area contributed by atoms with Gasteiger partial charge in [0.25, 0.3) is 11.1 Å². The molecule has 2 aromatic rings. The van der Waals surface area contributed by atoms with Crippen molar-refractivity contribution in [1.29, 1.82) is 0 Å². The first-order valence-electron chi connectivity index (χ1n) is 9.95. The van der Waals surface area contributed by atoms with Crippen molar-refractivity contribution in [3.8, 4) is 11.5 Å². The molecular weight excluding hydrogens is 414 g/mol.